The summed E-state index contributed by atoms with van der Waals surface area (Å²) in [4.78, 5) is 49.7. The average molecular weight is 483 g/mol. The van der Waals surface area contributed by atoms with Gasteiger partial charge in [-0.1, -0.05) is 60.7 Å². The fourth-order valence-electron chi connectivity index (χ4n) is 3.09. The number of carbonyl (C=O) groups excluding carboxylic acids is 4. The van der Waals surface area contributed by atoms with Crippen LogP contribution >= 0.6 is 0 Å². The first-order valence-electron chi connectivity index (χ1n) is 11.5. The minimum Gasteiger partial charge on any atom is -0.444 e. The Labute approximate surface area is 206 Å². The maximum Gasteiger partial charge on any atom is 0.408 e. The summed E-state index contributed by atoms with van der Waals surface area (Å²) in [5, 5.41) is 10.4. The quantitative estimate of drug-likeness (QED) is 0.413. The van der Waals surface area contributed by atoms with Gasteiger partial charge < -0.3 is 26.0 Å². The zero-order valence-electron chi connectivity index (χ0n) is 20.6. The van der Waals surface area contributed by atoms with E-state index in [4.69, 9.17) is 4.74 Å². The van der Waals surface area contributed by atoms with Crippen molar-refractivity contribution in [2.45, 2.75) is 58.3 Å². The van der Waals surface area contributed by atoms with Gasteiger partial charge in [0.1, 0.15) is 24.2 Å². The molecule has 4 amide bonds. The molecule has 4 N–H and O–H groups in total. The van der Waals surface area contributed by atoms with Gasteiger partial charge >= 0.3 is 6.09 Å². The molecule has 0 fully saturated rings. The Kier molecular flexibility index (Phi) is 10.3. The summed E-state index contributed by atoms with van der Waals surface area (Å²) >= 11 is 0. The molecule has 9 nitrogen and oxygen atoms in total. The highest BCUT2D eigenvalue weighted by molar-refractivity contribution is 5.92. The molecule has 0 saturated heterocycles. The Morgan fingerprint density at radius 3 is 1.94 bits per heavy atom. The molecule has 188 valence electrons. The van der Waals surface area contributed by atoms with E-state index in [9.17, 15) is 19.2 Å². The minimum absolute atomic E-state index is 0.212. The fraction of sp³-hybridized carbons (Fsp3) is 0.385. The molecule has 0 saturated carbocycles. The maximum atomic E-state index is 13.0. The van der Waals surface area contributed by atoms with Crippen LogP contribution in [-0.4, -0.2) is 48.0 Å². The second kappa shape index (κ2) is 13.1. The number of hydrogen-bond donors (Lipinski definition) is 4. The Balaban J connectivity index is 1.96. The fourth-order valence-corrected chi connectivity index (χ4v) is 3.09. The summed E-state index contributed by atoms with van der Waals surface area (Å²) in [5.41, 5.74) is 1.06. The molecule has 0 heterocycles. The lowest BCUT2D eigenvalue weighted by Crippen LogP contribution is -2.54. The normalized spacial score (nSPS) is 12.6. The summed E-state index contributed by atoms with van der Waals surface area (Å²) in [6, 6.07) is 16.8. The lowest BCUT2D eigenvalue weighted by Gasteiger charge is -2.22. The zero-order valence-corrected chi connectivity index (χ0v) is 20.6. The van der Waals surface area contributed by atoms with Gasteiger partial charge in [0, 0.05) is 13.0 Å². The Bertz CT molecular complexity index is 990. The largest absolute Gasteiger partial charge is 0.444 e. The van der Waals surface area contributed by atoms with Crippen molar-refractivity contribution in [3.8, 4) is 0 Å². The molecule has 35 heavy (non-hydrogen) atoms. The highest BCUT2D eigenvalue weighted by Crippen LogP contribution is 2.07. The van der Waals surface area contributed by atoms with Crippen LogP contribution < -0.4 is 21.3 Å². The second-order valence-electron chi connectivity index (χ2n) is 9.10. The van der Waals surface area contributed by atoms with E-state index in [1.54, 1.807) is 27.7 Å². The molecule has 0 aliphatic carbocycles. The zero-order chi connectivity index (χ0) is 25.8. The van der Waals surface area contributed by atoms with Gasteiger partial charge in [-0.15, -0.1) is 0 Å². The van der Waals surface area contributed by atoms with Crippen LogP contribution in [0, 0.1) is 0 Å². The number of benzene rings is 2. The number of amides is 4. The van der Waals surface area contributed by atoms with Gasteiger partial charge in [0.05, 0.1) is 0 Å². The van der Waals surface area contributed by atoms with Crippen molar-refractivity contribution in [1.82, 2.24) is 21.3 Å². The summed E-state index contributed by atoms with van der Waals surface area (Å²) in [6.07, 6.45) is -0.524. The Morgan fingerprint density at radius 2 is 1.37 bits per heavy atom. The van der Waals surface area contributed by atoms with Gasteiger partial charge in [-0.25, -0.2) is 4.79 Å². The smallest absolute Gasteiger partial charge is 0.408 e. The molecule has 2 atom stereocenters. The summed E-state index contributed by atoms with van der Waals surface area (Å²) < 4.78 is 5.12. The second-order valence-corrected chi connectivity index (χ2v) is 9.10. The molecule has 2 rings (SSSR count). The van der Waals surface area contributed by atoms with Crippen molar-refractivity contribution in [3.05, 3.63) is 71.8 Å². The van der Waals surface area contributed by atoms with Crippen molar-refractivity contribution in [2.75, 3.05) is 6.54 Å². The standard InChI is InChI=1S/C26H34N4O5/c1-18(23(32)27-16-20-13-9-6-10-14-20)29-24(33)21(15-19-11-7-5-8-12-19)30-22(31)17-28-25(34)35-26(2,3)4/h5-14,18,21H,15-17H2,1-4H3,(H,27,32)(H,28,34)(H,29,33)(H,30,31)/t18-,21-/m0/s1. The maximum absolute atomic E-state index is 13.0. The van der Waals surface area contributed by atoms with E-state index in [1.165, 1.54) is 0 Å². The van der Waals surface area contributed by atoms with E-state index in [2.05, 4.69) is 21.3 Å². The van der Waals surface area contributed by atoms with Crippen LogP contribution in [0.15, 0.2) is 60.7 Å². The topological polar surface area (TPSA) is 126 Å². The van der Waals surface area contributed by atoms with Gasteiger partial charge in [0.15, 0.2) is 0 Å². The number of ether oxygens (including phenoxy) is 1. The molecule has 0 aromatic heterocycles. The van der Waals surface area contributed by atoms with Gasteiger partial charge in [-0.05, 0) is 38.8 Å². The molecule has 2 aromatic carbocycles. The van der Waals surface area contributed by atoms with Crippen LogP contribution in [0.1, 0.15) is 38.8 Å². The molecule has 0 spiro atoms. The molecule has 0 unspecified atom stereocenters. The van der Waals surface area contributed by atoms with Crippen LogP contribution in [0.25, 0.3) is 0 Å². The predicted molar refractivity (Wildman–Crippen MR) is 132 cm³/mol. The van der Waals surface area contributed by atoms with Crippen LogP contribution in [-0.2, 0) is 32.1 Å². The first-order chi connectivity index (χ1) is 16.5. The first-order valence-corrected chi connectivity index (χ1v) is 11.5. The van der Waals surface area contributed by atoms with E-state index in [0.29, 0.717) is 6.54 Å². The van der Waals surface area contributed by atoms with Gasteiger partial charge in [-0.3, -0.25) is 14.4 Å². The van der Waals surface area contributed by atoms with E-state index in [0.717, 1.165) is 11.1 Å². The highest BCUT2D eigenvalue weighted by Gasteiger charge is 2.25. The lowest BCUT2D eigenvalue weighted by molar-refractivity contribution is -0.131. The van der Waals surface area contributed by atoms with Crippen LogP contribution in [0.2, 0.25) is 0 Å². The van der Waals surface area contributed by atoms with Crippen LogP contribution in [0.3, 0.4) is 0 Å². The molecule has 0 aliphatic rings. The average Bonchev–Trinajstić information content (AvgIpc) is 2.81. The number of rotatable bonds is 10. The first kappa shape index (κ1) is 27.4. The molecule has 0 aliphatic heterocycles. The van der Waals surface area contributed by atoms with E-state index >= 15 is 0 Å². The summed E-state index contributed by atoms with van der Waals surface area (Å²) in [6.45, 7) is 6.68. The van der Waals surface area contributed by atoms with Gasteiger partial charge in [0.25, 0.3) is 0 Å². The third-order valence-electron chi connectivity index (χ3n) is 4.79. The molecule has 0 bridgehead atoms. The number of nitrogens with one attached hydrogen (secondary N) is 4. The van der Waals surface area contributed by atoms with Crippen molar-refractivity contribution >= 4 is 23.8 Å². The van der Waals surface area contributed by atoms with E-state index in [1.807, 2.05) is 60.7 Å². The van der Waals surface area contributed by atoms with Crippen LogP contribution in [0.5, 0.6) is 0 Å². The molecule has 0 radical (unpaired) electrons. The van der Waals surface area contributed by atoms with E-state index < -0.39 is 35.6 Å². The van der Waals surface area contributed by atoms with Crippen molar-refractivity contribution in [2.24, 2.45) is 0 Å². The van der Waals surface area contributed by atoms with Crippen molar-refractivity contribution in [3.63, 3.8) is 0 Å². The molecule has 9 heteroatoms. The Hall–Kier alpha value is -3.88. The number of alkyl carbamates (subject to hydrolysis) is 1. The summed E-state index contributed by atoms with van der Waals surface area (Å²) in [7, 11) is 0. The van der Waals surface area contributed by atoms with Crippen molar-refractivity contribution < 1.29 is 23.9 Å². The minimum atomic E-state index is -0.949. The highest BCUT2D eigenvalue weighted by atomic mass is 16.6. The Morgan fingerprint density at radius 1 is 0.800 bits per heavy atom. The predicted octanol–water partition coefficient (Wildman–Crippen LogP) is 2.06. The van der Waals surface area contributed by atoms with Crippen LogP contribution in [0.4, 0.5) is 4.79 Å². The molecular weight excluding hydrogens is 448 g/mol. The van der Waals surface area contributed by atoms with Gasteiger partial charge in [-0.2, -0.15) is 0 Å². The summed E-state index contributed by atoms with van der Waals surface area (Å²) in [5.74, 6) is -1.42. The molecule has 2 aromatic rings. The number of carbonyl (C=O) groups is 4. The van der Waals surface area contributed by atoms with E-state index in [-0.39, 0.29) is 18.9 Å². The SMILES string of the molecule is C[C@H](NC(=O)[C@H](Cc1ccccc1)NC(=O)CNC(=O)OC(C)(C)C)C(=O)NCc1ccccc1. The monoisotopic (exact) mass is 482 g/mol. The van der Waals surface area contributed by atoms with Crippen molar-refractivity contribution in [1.29, 1.82) is 0 Å². The molecular formula is C26H34N4O5. The van der Waals surface area contributed by atoms with Gasteiger partial charge in [0.2, 0.25) is 17.7 Å². The third kappa shape index (κ3) is 10.7. The third-order valence-corrected chi connectivity index (χ3v) is 4.79. The number of hydrogen-bond acceptors (Lipinski definition) is 5. The lowest BCUT2D eigenvalue weighted by atomic mass is 10.0.